The minimum absolute atomic E-state index is 0.128. The third-order valence-corrected chi connectivity index (χ3v) is 3.71. The van der Waals surface area contributed by atoms with Gasteiger partial charge >= 0.3 is 12.0 Å². The van der Waals surface area contributed by atoms with E-state index in [1.54, 1.807) is 6.26 Å². The molecule has 3 atom stereocenters. The van der Waals surface area contributed by atoms with Gasteiger partial charge in [0.25, 0.3) is 0 Å². The summed E-state index contributed by atoms with van der Waals surface area (Å²) in [7, 11) is -0.890. The fourth-order valence-corrected chi connectivity index (χ4v) is 2.19. The molecule has 112 valence electrons. The van der Waals surface area contributed by atoms with Crippen molar-refractivity contribution in [3.8, 4) is 0 Å². The number of carbonyl (C=O) groups excluding carboxylic acids is 1. The number of carbonyl (C=O) groups is 2. The van der Waals surface area contributed by atoms with Gasteiger partial charge in [-0.2, -0.15) is 0 Å². The highest BCUT2D eigenvalue weighted by atomic mass is 32.2. The molecule has 0 aliphatic rings. The van der Waals surface area contributed by atoms with Crippen molar-refractivity contribution in [3.63, 3.8) is 0 Å². The van der Waals surface area contributed by atoms with Gasteiger partial charge in [0.2, 0.25) is 0 Å². The van der Waals surface area contributed by atoms with E-state index in [1.807, 2.05) is 20.8 Å². The average molecular weight is 292 g/mol. The van der Waals surface area contributed by atoms with Crippen LogP contribution in [0.4, 0.5) is 4.79 Å². The van der Waals surface area contributed by atoms with E-state index in [0.717, 1.165) is 0 Å². The smallest absolute Gasteiger partial charge is 0.323 e. The monoisotopic (exact) mass is 292 g/mol. The van der Waals surface area contributed by atoms with E-state index in [1.165, 1.54) is 4.90 Å². The predicted octanol–water partition coefficient (Wildman–Crippen LogP) is 1.04. The summed E-state index contributed by atoms with van der Waals surface area (Å²) >= 11 is 0. The minimum Gasteiger partial charge on any atom is -0.480 e. The zero-order valence-corrected chi connectivity index (χ0v) is 12.8. The van der Waals surface area contributed by atoms with Gasteiger partial charge in [0.05, 0.1) is 0 Å². The van der Waals surface area contributed by atoms with Crippen LogP contribution in [-0.4, -0.2) is 56.9 Å². The Bertz CT molecular complexity index is 336. The molecule has 0 radical (unpaired) electrons. The number of carboxylic acids is 1. The van der Waals surface area contributed by atoms with Crippen LogP contribution in [0.15, 0.2) is 0 Å². The topological polar surface area (TPSA) is 86.7 Å². The van der Waals surface area contributed by atoms with Gasteiger partial charge in [0, 0.05) is 34.9 Å². The second-order valence-electron chi connectivity index (χ2n) is 4.70. The first kappa shape index (κ1) is 17.9. The molecule has 0 aromatic rings. The van der Waals surface area contributed by atoms with Crippen LogP contribution in [0.1, 0.15) is 33.6 Å². The van der Waals surface area contributed by atoms with Gasteiger partial charge in [-0.05, 0) is 26.7 Å². The van der Waals surface area contributed by atoms with Crippen LogP contribution in [-0.2, 0) is 15.6 Å². The third kappa shape index (κ3) is 7.81. The second kappa shape index (κ2) is 8.90. The van der Waals surface area contributed by atoms with Crippen molar-refractivity contribution >= 4 is 22.8 Å². The second-order valence-corrected chi connectivity index (χ2v) is 6.25. The van der Waals surface area contributed by atoms with Crippen LogP contribution in [0.25, 0.3) is 0 Å². The summed E-state index contributed by atoms with van der Waals surface area (Å²) in [4.78, 5) is 24.1. The van der Waals surface area contributed by atoms with E-state index >= 15 is 0 Å². The molecule has 0 saturated heterocycles. The lowest BCUT2D eigenvalue weighted by Crippen LogP contribution is -2.49. The highest BCUT2D eigenvalue weighted by molar-refractivity contribution is 7.84. The first-order valence-electron chi connectivity index (χ1n) is 6.36. The first-order chi connectivity index (χ1) is 8.77. The van der Waals surface area contributed by atoms with Crippen LogP contribution < -0.4 is 5.32 Å². The van der Waals surface area contributed by atoms with Gasteiger partial charge < -0.3 is 15.3 Å². The quantitative estimate of drug-likeness (QED) is 0.700. The zero-order chi connectivity index (χ0) is 15.0. The Labute approximate surface area is 117 Å². The maximum Gasteiger partial charge on any atom is 0.323 e. The molecule has 0 aliphatic carbocycles. The number of amides is 2. The lowest BCUT2D eigenvalue weighted by molar-refractivity contribution is -0.138. The number of nitrogens with zero attached hydrogens (tertiary/aromatic N) is 1. The van der Waals surface area contributed by atoms with Crippen LogP contribution in [0.2, 0.25) is 0 Å². The highest BCUT2D eigenvalue weighted by Crippen LogP contribution is 2.05. The number of nitrogens with one attached hydrogen (secondary N) is 1. The van der Waals surface area contributed by atoms with Crippen molar-refractivity contribution in [2.75, 3.05) is 18.6 Å². The number of rotatable bonds is 8. The van der Waals surface area contributed by atoms with Gasteiger partial charge in [0.15, 0.2) is 0 Å². The van der Waals surface area contributed by atoms with Crippen LogP contribution in [0, 0.1) is 0 Å². The summed E-state index contributed by atoms with van der Waals surface area (Å²) in [5.74, 6) is -0.512. The van der Waals surface area contributed by atoms with E-state index in [0.29, 0.717) is 18.6 Å². The van der Waals surface area contributed by atoms with Crippen molar-refractivity contribution in [3.05, 3.63) is 0 Å². The van der Waals surface area contributed by atoms with Crippen molar-refractivity contribution in [2.24, 2.45) is 0 Å². The molecule has 0 fully saturated rings. The molecule has 6 nitrogen and oxygen atoms in total. The summed E-state index contributed by atoms with van der Waals surface area (Å²) in [5, 5.41) is 11.6. The highest BCUT2D eigenvalue weighted by Gasteiger charge is 2.22. The van der Waals surface area contributed by atoms with Crippen LogP contribution in [0.5, 0.6) is 0 Å². The standard InChI is InChI=1S/C12H24N2O4S/c1-5-10(3)14(8-11(15)16)12(17)13-9(2)6-7-19(4)18/h9-10H,5-8H2,1-4H3,(H,13,17)(H,15,16). The van der Waals surface area contributed by atoms with Crippen molar-refractivity contribution < 1.29 is 18.9 Å². The molecule has 0 heterocycles. The molecule has 19 heavy (non-hydrogen) atoms. The Kier molecular flexibility index (Phi) is 8.38. The molecule has 0 rings (SSSR count). The van der Waals surface area contributed by atoms with Crippen LogP contribution in [0.3, 0.4) is 0 Å². The molecule has 0 spiro atoms. The fraction of sp³-hybridized carbons (Fsp3) is 0.833. The Morgan fingerprint density at radius 1 is 1.37 bits per heavy atom. The molecule has 7 heteroatoms. The summed E-state index contributed by atoms with van der Waals surface area (Å²) < 4.78 is 11.0. The molecule has 2 N–H and O–H groups in total. The summed E-state index contributed by atoms with van der Waals surface area (Å²) in [6.45, 7) is 5.22. The molecule has 0 aromatic heterocycles. The molecule has 3 unspecified atom stereocenters. The number of carboxylic acid groups (broad SMARTS) is 1. The lowest BCUT2D eigenvalue weighted by Gasteiger charge is -2.28. The molecule has 0 aromatic carbocycles. The third-order valence-electron chi connectivity index (χ3n) is 2.90. The van der Waals surface area contributed by atoms with Gasteiger partial charge in [-0.3, -0.25) is 9.00 Å². The number of aliphatic carboxylic acids is 1. The SMILES string of the molecule is CCC(C)N(CC(=O)O)C(=O)NC(C)CCS(C)=O. The van der Waals surface area contributed by atoms with E-state index in [2.05, 4.69) is 5.32 Å². The fourth-order valence-electron chi connectivity index (χ4n) is 1.50. The van der Waals surface area contributed by atoms with Crippen LogP contribution >= 0.6 is 0 Å². The zero-order valence-electron chi connectivity index (χ0n) is 12.0. The molecule has 0 bridgehead atoms. The number of hydrogen-bond donors (Lipinski definition) is 2. The number of hydrogen-bond acceptors (Lipinski definition) is 3. The Morgan fingerprint density at radius 3 is 2.37 bits per heavy atom. The first-order valence-corrected chi connectivity index (χ1v) is 8.09. The molecule has 0 saturated carbocycles. The molecule has 2 amide bonds. The van der Waals surface area contributed by atoms with Crippen molar-refractivity contribution in [2.45, 2.75) is 45.7 Å². The Balaban J connectivity index is 4.46. The molecular formula is C12H24N2O4S. The maximum absolute atomic E-state index is 12.0. The van der Waals surface area contributed by atoms with Crippen molar-refractivity contribution in [1.29, 1.82) is 0 Å². The van der Waals surface area contributed by atoms with E-state index in [4.69, 9.17) is 5.11 Å². The summed E-state index contributed by atoms with van der Waals surface area (Å²) in [6.07, 6.45) is 2.91. The van der Waals surface area contributed by atoms with Gasteiger partial charge in [0.1, 0.15) is 6.54 Å². The largest absolute Gasteiger partial charge is 0.480 e. The minimum atomic E-state index is -1.03. The van der Waals surface area contributed by atoms with Crippen molar-refractivity contribution in [1.82, 2.24) is 10.2 Å². The molecular weight excluding hydrogens is 268 g/mol. The van der Waals surface area contributed by atoms with Gasteiger partial charge in [-0.25, -0.2) is 4.79 Å². The Hall–Kier alpha value is -1.11. The maximum atomic E-state index is 12.0. The normalized spacial score (nSPS) is 15.4. The summed E-state index contributed by atoms with van der Waals surface area (Å²) in [5.41, 5.74) is 0. The lowest BCUT2D eigenvalue weighted by atomic mass is 10.2. The predicted molar refractivity (Wildman–Crippen MR) is 75.6 cm³/mol. The van der Waals surface area contributed by atoms with E-state index in [9.17, 15) is 13.8 Å². The average Bonchev–Trinajstić information content (AvgIpc) is 2.32. The van der Waals surface area contributed by atoms with Gasteiger partial charge in [-0.1, -0.05) is 6.92 Å². The van der Waals surface area contributed by atoms with E-state index in [-0.39, 0.29) is 24.7 Å². The Morgan fingerprint density at radius 2 is 1.95 bits per heavy atom. The van der Waals surface area contributed by atoms with Gasteiger partial charge in [-0.15, -0.1) is 0 Å². The molecule has 0 aliphatic heterocycles. The van der Waals surface area contributed by atoms with E-state index < -0.39 is 16.8 Å². The number of urea groups is 1. The summed E-state index contributed by atoms with van der Waals surface area (Å²) in [6, 6.07) is -0.647.